The van der Waals surface area contributed by atoms with E-state index in [1.165, 1.54) is 10.8 Å². The van der Waals surface area contributed by atoms with E-state index in [9.17, 15) is 0 Å². The van der Waals surface area contributed by atoms with Gasteiger partial charge in [0.15, 0.2) is 0 Å². The minimum Gasteiger partial charge on any atom is -0.256 e. The summed E-state index contributed by atoms with van der Waals surface area (Å²) in [7, 11) is -1.36. The minimum atomic E-state index is -1.36. The van der Waals surface area contributed by atoms with Gasteiger partial charge in [0, 0.05) is 6.20 Å². The van der Waals surface area contributed by atoms with Gasteiger partial charge in [-0.3, -0.25) is 4.98 Å². The Balaban J connectivity index is 3.32. The monoisotopic (exact) mass is 287 g/mol. The summed E-state index contributed by atoms with van der Waals surface area (Å²) in [6, 6.07) is 2.25. The van der Waals surface area contributed by atoms with Crippen LogP contribution < -0.4 is 5.19 Å². The number of hydrogen-bond acceptors (Lipinski definition) is 1. The third kappa shape index (κ3) is 4.75. The Morgan fingerprint density at radius 1 is 1.30 bits per heavy atom. The van der Waals surface area contributed by atoms with Gasteiger partial charge in [0.25, 0.3) is 0 Å². The lowest BCUT2D eigenvalue weighted by molar-refractivity contribution is 0.412. The van der Waals surface area contributed by atoms with E-state index in [0.29, 0.717) is 0 Å². The Hall–Kier alpha value is -1.15. The molecule has 0 saturated carbocycles. The molecular formula is C18H29NSi. The Morgan fingerprint density at radius 3 is 2.35 bits per heavy atom. The van der Waals surface area contributed by atoms with Crippen molar-refractivity contribution < 1.29 is 0 Å². The van der Waals surface area contributed by atoms with Gasteiger partial charge in [0.05, 0.1) is 13.8 Å². The summed E-state index contributed by atoms with van der Waals surface area (Å²) in [4.78, 5) is 4.64. The normalized spacial score (nSPS) is 12.9. The quantitative estimate of drug-likeness (QED) is 0.572. The molecule has 0 aliphatic carbocycles. The van der Waals surface area contributed by atoms with Crippen LogP contribution in [0.25, 0.3) is 5.57 Å². The summed E-state index contributed by atoms with van der Waals surface area (Å²) in [6.45, 7) is 20.2. The number of aromatic nitrogens is 1. The Kier molecular flexibility index (Phi) is 5.14. The van der Waals surface area contributed by atoms with Crippen molar-refractivity contribution in [2.75, 3.05) is 0 Å². The molecule has 0 amide bonds. The predicted molar refractivity (Wildman–Crippen MR) is 94.2 cm³/mol. The average Bonchev–Trinajstić information content (AvgIpc) is 2.25. The lowest BCUT2D eigenvalue weighted by Crippen LogP contribution is -2.41. The van der Waals surface area contributed by atoms with Gasteiger partial charge in [-0.25, -0.2) is 0 Å². The SMILES string of the molecule is C=C(/C=C\C)c1cc(CC(C)(C)C)c([Si](C)(C)C)cn1. The fourth-order valence-corrected chi connectivity index (χ4v) is 3.93. The molecule has 1 nitrogen and oxygen atoms in total. The topological polar surface area (TPSA) is 12.9 Å². The van der Waals surface area contributed by atoms with E-state index < -0.39 is 8.07 Å². The van der Waals surface area contributed by atoms with Gasteiger partial charge in [-0.2, -0.15) is 0 Å². The maximum atomic E-state index is 4.64. The first kappa shape index (κ1) is 16.9. The highest BCUT2D eigenvalue weighted by atomic mass is 28.3. The zero-order chi connectivity index (χ0) is 15.6. The molecule has 0 unspecified atom stereocenters. The molecule has 1 aromatic rings. The molecule has 20 heavy (non-hydrogen) atoms. The molecule has 0 atom stereocenters. The third-order valence-corrected chi connectivity index (χ3v) is 5.28. The van der Waals surface area contributed by atoms with Crippen LogP contribution in [-0.2, 0) is 6.42 Å². The molecule has 0 fully saturated rings. The van der Waals surface area contributed by atoms with Crippen molar-refractivity contribution in [2.45, 2.75) is 53.8 Å². The van der Waals surface area contributed by atoms with Crippen LogP contribution in [0.15, 0.2) is 31.0 Å². The molecule has 0 aliphatic heterocycles. The maximum Gasteiger partial charge on any atom is 0.0799 e. The average molecular weight is 288 g/mol. The van der Waals surface area contributed by atoms with Crippen LogP contribution in [0.5, 0.6) is 0 Å². The molecule has 0 saturated heterocycles. The van der Waals surface area contributed by atoms with Crippen LogP contribution >= 0.6 is 0 Å². The lowest BCUT2D eigenvalue weighted by atomic mass is 9.88. The molecule has 0 bridgehead atoms. The number of hydrogen-bond donors (Lipinski definition) is 0. The standard InChI is InChI=1S/C18H29NSi/c1-9-10-14(2)16-11-15(12-18(3,4)5)17(13-19-16)20(6,7)8/h9-11,13H,2,12H2,1,3-8H3/b10-9-. The molecule has 0 N–H and O–H groups in total. The summed E-state index contributed by atoms with van der Waals surface area (Å²) in [5.41, 5.74) is 3.73. The number of allylic oxidation sites excluding steroid dienone is 3. The van der Waals surface area contributed by atoms with Crippen LogP contribution in [0.2, 0.25) is 19.6 Å². The lowest BCUT2D eigenvalue weighted by Gasteiger charge is -2.26. The van der Waals surface area contributed by atoms with Crippen LogP contribution in [0, 0.1) is 5.41 Å². The highest BCUT2D eigenvalue weighted by Gasteiger charge is 2.23. The van der Waals surface area contributed by atoms with Crippen molar-refractivity contribution >= 4 is 18.8 Å². The Bertz CT molecular complexity index is 513. The fourth-order valence-electron chi connectivity index (χ4n) is 2.35. The van der Waals surface area contributed by atoms with Crippen molar-refractivity contribution in [3.63, 3.8) is 0 Å². The van der Waals surface area contributed by atoms with E-state index in [1.807, 2.05) is 19.1 Å². The molecule has 0 radical (unpaired) electrons. The molecule has 2 heteroatoms. The molecule has 0 spiro atoms. The molecular weight excluding hydrogens is 258 g/mol. The summed E-state index contributed by atoms with van der Waals surface area (Å²) >= 11 is 0. The van der Waals surface area contributed by atoms with Crippen LogP contribution in [-0.4, -0.2) is 13.1 Å². The van der Waals surface area contributed by atoms with E-state index in [4.69, 9.17) is 0 Å². The smallest absolute Gasteiger partial charge is 0.0799 e. The van der Waals surface area contributed by atoms with E-state index in [-0.39, 0.29) is 5.41 Å². The first-order chi connectivity index (χ1) is 9.04. The highest BCUT2D eigenvalue weighted by molar-refractivity contribution is 6.89. The van der Waals surface area contributed by atoms with Gasteiger partial charge in [-0.05, 0) is 41.1 Å². The second-order valence-electron chi connectivity index (χ2n) is 7.74. The third-order valence-electron chi connectivity index (χ3n) is 3.22. The van der Waals surface area contributed by atoms with Gasteiger partial charge < -0.3 is 0 Å². The van der Waals surface area contributed by atoms with Crippen molar-refractivity contribution in [2.24, 2.45) is 5.41 Å². The first-order valence-corrected chi connectivity index (χ1v) is 10.9. The van der Waals surface area contributed by atoms with Gasteiger partial charge >= 0.3 is 0 Å². The molecule has 1 rings (SSSR count). The van der Waals surface area contributed by atoms with Gasteiger partial charge in [0.2, 0.25) is 0 Å². The Labute approximate surface area is 125 Å². The summed E-state index contributed by atoms with van der Waals surface area (Å²) in [5, 5.41) is 1.48. The van der Waals surface area contributed by atoms with E-state index in [2.05, 4.69) is 64.2 Å². The largest absolute Gasteiger partial charge is 0.256 e. The zero-order valence-electron chi connectivity index (χ0n) is 14.2. The van der Waals surface area contributed by atoms with Crippen molar-refractivity contribution in [1.29, 1.82) is 0 Å². The first-order valence-electron chi connectivity index (χ1n) is 7.36. The highest BCUT2D eigenvalue weighted by Crippen LogP contribution is 2.23. The van der Waals surface area contributed by atoms with Crippen LogP contribution in [0.3, 0.4) is 0 Å². The van der Waals surface area contributed by atoms with Crippen LogP contribution in [0.1, 0.15) is 39.0 Å². The molecule has 1 aromatic heterocycles. The second kappa shape index (κ2) is 6.09. The van der Waals surface area contributed by atoms with E-state index >= 15 is 0 Å². The molecule has 1 heterocycles. The van der Waals surface area contributed by atoms with Crippen LogP contribution in [0.4, 0.5) is 0 Å². The van der Waals surface area contributed by atoms with Crippen molar-refractivity contribution in [1.82, 2.24) is 4.98 Å². The number of pyridine rings is 1. The maximum absolute atomic E-state index is 4.64. The van der Waals surface area contributed by atoms with Gasteiger partial charge in [-0.15, -0.1) is 0 Å². The number of rotatable bonds is 4. The Morgan fingerprint density at radius 2 is 1.90 bits per heavy atom. The zero-order valence-corrected chi connectivity index (χ0v) is 15.2. The number of nitrogens with zero attached hydrogens (tertiary/aromatic N) is 1. The van der Waals surface area contributed by atoms with Gasteiger partial charge in [0.1, 0.15) is 0 Å². The molecule has 0 aliphatic rings. The molecule has 0 aromatic carbocycles. The van der Waals surface area contributed by atoms with Crippen molar-refractivity contribution in [3.8, 4) is 0 Å². The second-order valence-corrected chi connectivity index (χ2v) is 12.8. The van der Waals surface area contributed by atoms with E-state index in [0.717, 1.165) is 17.7 Å². The minimum absolute atomic E-state index is 0.287. The fraction of sp³-hybridized carbons (Fsp3) is 0.500. The summed E-state index contributed by atoms with van der Waals surface area (Å²) in [6.07, 6.45) is 7.22. The summed E-state index contributed by atoms with van der Waals surface area (Å²) < 4.78 is 0. The van der Waals surface area contributed by atoms with Gasteiger partial charge in [-0.1, -0.05) is 59.1 Å². The summed E-state index contributed by atoms with van der Waals surface area (Å²) in [5.74, 6) is 0. The molecule has 110 valence electrons. The predicted octanol–water partition coefficient (Wildman–Crippen LogP) is 4.80. The van der Waals surface area contributed by atoms with Crippen molar-refractivity contribution in [3.05, 3.63) is 42.3 Å². The van der Waals surface area contributed by atoms with E-state index in [1.54, 1.807) is 0 Å².